The molecule has 11 heteroatoms. The lowest BCUT2D eigenvalue weighted by Crippen LogP contribution is -2.27. The summed E-state index contributed by atoms with van der Waals surface area (Å²) in [6.07, 6.45) is 0.153. The molecule has 0 unspecified atom stereocenters. The van der Waals surface area contributed by atoms with Crippen LogP contribution >= 0.6 is 39.5 Å². The van der Waals surface area contributed by atoms with E-state index in [0.717, 1.165) is 6.07 Å². The Morgan fingerprint density at radius 2 is 1.96 bits per heavy atom. The van der Waals surface area contributed by atoms with Gasteiger partial charge in [-0.1, -0.05) is 31.9 Å². The molecule has 1 aromatic carbocycles. The van der Waals surface area contributed by atoms with Crippen molar-refractivity contribution in [1.82, 2.24) is 10.2 Å². The number of nitrogens with one attached hydrogen (secondary N) is 2. The lowest BCUT2D eigenvalue weighted by molar-refractivity contribution is -0.387. The lowest BCUT2D eigenvalue weighted by Gasteiger charge is -2.24. The van der Waals surface area contributed by atoms with Crippen LogP contribution in [0.25, 0.3) is 0 Å². The highest BCUT2D eigenvalue weighted by atomic mass is 79.9. The van der Waals surface area contributed by atoms with E-state index in [0.29, 0.717) is 42.2 Å². The van der Waals surface area contributed by atoms with Crippen LogP contribution in [0, 0.1) is 15.9 Å². The van der Waals surface area contributed by atoms with Gasteiger partial charge in [0.25, 0.3) is 0 Å². The summed E-state index contributed by atoms with van der Waals surface area (Å²) in [5.41, 5.74) is 0.230. The Kier molecular flexibility index (Phi) is 7.33. The average molecular weight is 489 g/mol. The summed E-state index contributed by atoms with van der Waals surface area (Å²) < 4.78 is 32.8. The quantitative estimate of drug-likeness (QED) is 0.237. The van der Waals surface area contributed by atoms with Gasteiger partial charge in [-0.2, -0.15) is 4.39 Å². The number of fused-ring (bicyclic) bond motifs is 1. The lowest BCUT2D eigenvalue weighted by atomic mass is 10.1. The first-order chi connectivity index (χ1) is 11.4. The fourth-order valence-corrected chi connectivity index (χ4v) is 5.21. The molecule has 0 spiro atoms. The molecule has 0 radical (unpaired) electrons. The van der Waals surface area contributed by atoms with E-state index in [4.69, 9.17) is 4.52 Å². The Hall–Kier alpha value is -0.380. The third-order valence-corrected chi connectivity index (χ3v) is 6.19. The molecular formula is C13H17Br2FN3O4P. The summed E-state index contributed by atoms with van der Waals surface area (Å²) >= 11 is 6.50. The zero-order chi connectivity index (χ0) is 17.7. The summed E-state index contributed by atoms with van der Waals surface area (Å²) in [6.45, 7) is 0.863. The van der Waals surface area contributed by atoms with Gasteiger partial charge in [0.2, 0.25) is 5.82 Å². The van der Waals surface area contributed by atoms with Gasteiger partial charge in [-0.3, -0.25) is 19.2 Å². The summed E-state index contributed by atoms with van der Waals surface area (Å²) in [4.78, 5) is 10.1. The molecule has 24 heavy (non-hydrogen) atoms. The van der Waals surface area contributed by atoms with Crippen LogP contribution in [0.15, 0.2) is 12.1 Å². The zero-order valence-electron chi connectivity index (χ0n) is 12.6. The second-order valence-electron chi connectivity index (χ2n) is 5.10. The molecule has 0 amide bonds. The second kappa shape index (κ2) is 8.82. The van der Waals surface area contributed by atoms with Crippen molar-refractivity contribution in [2.75, 3.05) is 23.7 Å². The molecule has 1 aliphatic rings. The van der Waals surface area contributed by atoms with Gasteiger partial charge in [-0.25, -0.2) is 10.2 Å². The molecule has 2 rings (SSSR count). The van der Waals surface area contributed by atoms with Crippen molar-refractivity contribution in [2.24, 2.45) is 0 Å². The third kappa shape index (κ3) is 4.62. The van der Waals surface area contributed by atoms with Crippen LogP contribution in [0.3, 0.4) is 0 Å². The van der Waals surface area contributed by atoms with Crippen LogP contribution in [-0.4, -0.2) is 28.7 Å². The molecule has 0 heterocycles. The predicted molar refractivity (Wildman–Crippen MR) is 96.4 cm³/mol. The van der Waals surface area contributed by atoms with Crippen LogP contribution in [-0.2, 0) is 15.5 Å². The van der Waals surface area contributed by atoms with Crippen LogP contribution in [0.2, 0.25) is 0 Å². The van der Waals surface area contributed by atoms with Crippen molar-refractivity contribution in [1.29, 1.82) is 0 Å². The highest BCUT2D eigenvalue weighted by Crippen LogP contribution is 2.48. The fourth-order valence-electron chi connectivity index (χ4n) is 2.55. The number of rotatable bonds is 9. The van der Waals surface area contributed by atoms with Gasteiger partial charge in [0.1, 0.15) is 0 Å². The predicted octanol–water partition coefficient (Wildman–Crippen LogP) is 3.81. The van der Waals surface area contributed by atoms with Crippen molar-refractivity contribution in [3.05, 3.63) is 39.2 Å². The zero-order valence-corrected chi connectivity index (χ0v) is 16.7. The Bertz CT molecular complexity index is 652. The van der Waals surface area contributed by atoms with E-state index in [-0.39, 0.29) is 5.56 Å². The Morgan fingerprint density at radius 3 is 2.50 bits per heavy atom. The number of nitrogens with zero attached hydrogens (tertiary/aromatic N) is 1. The molecule has 1 aliphatic carbocycles. The maximum absolute atomic E-state index is 14.2. The van der Waals surface area contributed by atoms with Crippen molar-refractivity contribution >= 4 is 45.2 Å². The third-order valence-electron chi connectivity index (χ3n) is 3.56. The molecule has 7 nitrogen and oxygen atoms in total. The van der Waals surface area contributed by atoms with E-state index in [2.05, 4.69) is 42.0 Å². The largest absolute Gasteiger partial charge is 0.341 e. The van der Waals surface area contributed by atoms with E-state index in [1.54, 1.807) is 0 Å². The fraction of sp³-hybridized carbons (Fsp3) is 0.538. The van der Waals surface area contributed by atoms with Gasteiger partial charge in [0.05, 0.1) is 11.0 Å². The molecule has 1 aromatic rings. The first-order valence-corrected chi connectivity index (χ1v) is 11.1. The molecule has 1 atom stereocenters. The Morgan fingerprint density at radius 1 is 1.33 bits per heavy atom. The number of nitro benzene ring substituents is 1. The van der Waals surface area contributed by atoms with Gasteiger partial charge < -0.3 is 0 Å². The van der Waals surface area contributed by atoms with Crippen molar-refractivity contribution in [3.63, 3.8) is 0 Å². The average Bonchev–Trinajstić information content (AvgIpc) is 2.95. The first kappa shape index (κ1) is 19.9. The van der Waals surface area contributed by atoms with Crippen molar-refractivity contribution in [3.8, 4) is 0 Å². The standard InChI is InChI=1S/C13H17Br2FN3O4P/c14-5-7-17-24(22,18-8-6-15)23-12-4-2-10-9(12)1-3-11(13(10)16)19(20)21/h1,3,12H,2,4-8H2,(H2,17,18,22)/t12-/m0/s1. The van der Waals surface area contributed by atoms with Gasteiger partial charge in [-0.15, -0.1) is 0 Å². The molecule has 0 saturated heterocycles. The minimum Gasteiger partial charge on any atom is -0.298 e. The number of benzene rings is 1. The number of hydrogen-bond acceptors (Lipinski definition) is 4. The van der Waals surface area contributed by atoms with Gasteiger partial charge >= 0.3 is 13.4 Å². The monoisotopic (exact) mass is 487 g/mol. The summed E-state index contributed by atoms with van der Waals surface area (Å²) in [5, 5.41) is 17.7. The van der Waals surface area contributed by atoms with E-state index in [1.165, 1.54) is 6.07 Å². The first-order valence-electron chi connectivity index (χ1n) is 7.28. The van der Waals surface area contributed by atoms with E-state index in [1.807, 2.05) is 0 Å². The SMILES string of the molecule is O=[N+]([O-])c1ccc2c(c1F)CC[C@@H]2OP(=O)(NCCBr)NCCBr. The molecular weight excluding hydrogens is 472 g/mol. The summed E-state index contributed by atoms with van der Waals surface area (Å²) in [6, 6.07) is 2.60. The smallest absolute Gasteiger partial charge is 0.298 e. The van der Waals surface area contributed by atoms with Crippen LogP contribution in [0.1, 0.15) is 23.7 Å². The van der Waals surface area contributed by atoms with Gasteiger partial charge in [-0.05, 0) is 24.5 Å². The van der Waals surface area contributed by atoms with Crippen LogP contribution < -0.4 is 10.2 Å². The maximum atomic E-state index is 14.2. The molecule has 0 saturated carbocycles. The van der Waals surface area contributed by atoms with E-state index in [9.17, 15) is 19.1 Å². The molecule has 134 valence electrons. The van der Waals surface area contributed by atoms with Gasteiger partial charge in [0.15, 0.2) is 0 Å². The molecule has 2 N–H and O–H groups in total. The molecule has 0 aliphatic heterocycles. The highest BCUT2D eigenvalue weighted by molar-refractivity contribution is 9.09. The van der Waals surface area contributed by atoms with E-state index >= 15 is 0 Å². The van der Waals surface area contributed by atoms with E-state index < -0.39 is 30.2 Å². The molecule has 0 aromatic heterocycles. The number of nitro groups is 1. The minimum atomic E-state index is -3.32. The topological polar surface area (TPSA) is 93.5 Å². The van der Waals surface area contributed by atoms with Crippen LogP contribution in [0.5, 0.6) is 0 Å². The molecule has 0 bridgehead atoms. The van der Waals surface area contributed by atoms with Crippen molar-refractivity contribution < 1.29 is 18.4 Å². The number of hydrogen-bond donors (Lipinski definition) is 2. The minimum absolute atomic E-state index is 0.265. The van der Waals surface area contributed by atoms with Gasteiger partial charge in [0, 0.05) is 35.4 Å². The number of halogens is 3. The molecule has 0 fully saturated rings. The van der Waals surface area contributed by atoms with Crippen molar-refractivity contribution in [2.45, 2.75) is 18.9 Å². The highest BCUT2D eigenvalue weighted by Gasteiger charge is 2.35. The maximum Gasteiger partial charge on any atom is 0.341 e. The number of alkyl halides is 2. The Balaban J connectivity index is 2.21. The Labute approximate surface area is 155 Å². The normalized spacial score (nSPS) is 17.0. The van der Waals surface area contributed by atoms with Crippen LogP contribution in [0.4, 0.5) is 10.1 Å². The summed E-state index contributed by atoms with van der Waals surface area (Å²) in [7, 11) is -3.32. The summed E-state index contributed by atoms with van der Waals surface area (Å²) in [5.74, 6) is -0.833. The second-order valence-corrected chi connectivity index (χ2v) is 8.63.